The number of ketones is 1. The number of H-pyrrole nitrogens is 1. The van der Waals surface area contributed by atoms with Crippen LogP contribution in [0.25, 0.3) is 16.7 Å². The Bertz CT molecular complexity index is 1510. The van der Waals surface area contributed by atoms with Crippen LogP contribution >= 0.6 is 11.6 Å². The van der Waals surface area contributed by atoms with Crippen LogP contribution in [0, 0.1) is 0 Å². The molecule has 0 spiro atoms. The van der Waals surface area contributed by atoms with Crippen LogP contribution in [0.5, 0.6) is 11.5 Å². The van der Waals surface area contributed by atoms with E-state index < -0.39 is 17.7 Å². The van der Waals surface area contributed by atoms with E-state index in [9.17, 15) is 14.7 Å². The number of nitrogens with one attached hydrogen (secondary N) is 1. The van der Waals surface area contributed by atoms with Crippen LogP contribution < -0.4 is 14.4 Å². The third kappa shape index (κ3) is 3.87. The molecule has 1 aromatic heterocycles. The van der Waals surface area contributed by atoms with Crippen molar-refractivity contribution in [3.8, 4) is 11.5 Å². The molecule has 0 saturated carbocycles. The number of carbonyl (C=O) groups excluding carboxylic acids is 2. The van der Waals surface area contributed by atoms with Crippen molar-refractivity contribution < 1.29 is 24.2 Å². The van der Waals surface area contributed by atoms with Gasteiger partial charge in [0.15, 0.2) is 0 Å². The third-order valence-electron chi connectivity index (χ3n) is 6.20. The molecule has 8 heteroatoms. The van der Waals surface area contributed by atoms with E-state index in [1.54, 1.807) is 42.6 Å². The Morgan fingerprint density at radius 1 is 1.08 bits per heavy atom. The summed E-state index contributed by atoms with van der Waals surface area (Å²) >= 11 is 6.20. The van der Waals surface area contributed by atoms with E-state index in [1.165, 1.54) is 18.1 Å². The fourth-order valence-corrected chi connectivity index (χ4v) is 4.77. The normalized spacial score (nSPS) is 17.1. The first-order chi connectivity index (χ1) is 17.4. The van der Waals surface area contributed by atoms with E-state index in [0.29, 0.717) is 34.4 Å². The number of para-hydroxylation sites is 1. The monoisotopic (exact) mass is 502 g/mol. The molecular formula is C28H23ClN2O5. The van der Waals surface area contributed by atoms with Gasteiger partial charge in [-0.25, -0.2) is 0 Å². The van der Waals surface area contributed by atoms with Crippen LogP contribution in [-0.2, 0) is 9.59 Å². The molecule has 0 aliphatic carbocycles. The molecule has 4 aromatic rings. The summed E-state index contributed by atoms with van der Waals surface area (Å²) < 4.78 is 10.9. The number of aromatic amines is 1. The van der Waals surface area contributed by atoms with Crippen molar-refractivity contribution in [2.45, 2.75) is 13.0 Å². The molecule has 5 rings (SSSR count). The minimum atomic E-state index is -0.900. The van der Waals surface area contributed by atoms with Gasteiger partial charge >= 0.3 is 0 Å². The Hall–Kier alpha value is -4.23. The lowest BCUT2D eigenvalue weighted by Crippen LogP contribution is -2.29. The Labute approximate surface area is 212 Å². The second kappa shape index (κ2) is 9.43. The summed E-state index contributed by atoms with van der Waals surface area (Å²) in [5.74, 6) is -0.959. The van der Waals surface area contributed by atoms with Crippen LogP contribution in [0.15, 0.2) is 78.5 Å². The van der Waals surface area contributed by atoms with Gasteiger partial charge in [0.1, 0.15) is 17.3 Å². The summed E-state index contributed by atoms with van der Waals surface area (Å²) in [5.41, 5.74) is 2.16. The summed E-state index contributed by atoms with van der Waals surface area (Å²) in [5, 5.41) is 12.6. The summed E-state index contributed by atoms with van der Waals surface area (Å²) in [6, 6.07) is 18.3. The quantitative estimate of drug-likeness (QED) is 0.196. The van der Waals surface area contributed by atoms with Gasteiger partial charge < -0.3 is 19.6 Å². The third-order valence-corrected chi connectivity index (χ3v) is 6.44. The molecule has 2 heterocycles. The lowest BCUT2D eigenvalue weighted by Gasteiger charge is -2.25. The highest BCUT2D eigenvalue weighted by atomic mass is 35.5. The van der Waals surface area contributed by atoms with Crippen molar-refractivity contribution in [3.05, 3.63) is 94.6 Å². The van der Waals surface area contributed by atoms with Crippen LogP contribution in [-0.4, -0.2) is 35.5 Å². The molecule has 1 atom stereocenters. The number of hydrogen-bond donors (Lipinski definition) is 2. The second-order valence-electron chi connectivity index (χ2n) is 8.23. The zero-order valence-electron chi connectivity index (χ0n) is 19.6. The summed E-state index contributed by atoms with van der Waals surface area (Å²) in [7, 11) is 1.45. The average Bonchev–Trinajstić information content (AvgIpc) is 3.43. The number of halogens is 1. The highest BCUT2D eigenvalue weighted by Gasteiger charge is 2.48. The number of fused-ring (bicyclic) bond motifs is 1. The van der Waals surface area contributed by atoms with Gasteiger partial charge in [-0.3, -0.25) is 14.5 Å². The highest BCUT2D eigenvalue weighted by Crippen LogP contribution is 2.45. The van der Waals surface area contributed by atoms with Crippen LogP contribution in [0.1, 0.15) is 24.1 Å². The first kappa shape index (κ1) is 23.5. The van der Waals surface area contributed by atoms with Gasteiger partial charge in [-0.2, -0.15) is 0 Å². The van der Waals surface area contributed by atoms with E-state index in [0.717, 1.165) is 10.9 Å². The number of ether oxygens (including phenoxy) is 2. The molecular weight excluding hydrogens is 480 g/mol. The SMILES string of the molecule is CCOc1ccc(N2C(=O)C(=O)/C(=C(/O)c3cc(Cl)ccc3OC)C2c2c[nH]c3ccccc23)cc1. The molecule has 7 nitrogen and oxygen atoms in total. The predicted octanol–water partition coefficient (Wildman–Crippen LogP) is 5.85. The van der Waals surface area contributed by atoms with Crippen molar-refractivity contribution >= 4 is 45.6 Å². The lowest BCUT2D eigenvalue weighted by molar-refractivity contribution is -0.132. The molecule has 3 aromatic carbocycles. The number of methoxy groups -OCH3 is 1. The molecule has 0 bridgehead atoms. The Morgan fingerprint density at radius 2 is 1.83 bits per heavy atom. The molecule has 36 heavy (non-hydrogen) atoms. The fourth-order valence-electron chi connectivity index (χ4n) is 4.59. The zero-order valence-corrected chi connectivity index (χ0v) is 20.4. The second-order valence-corrected chi connectivity index (χ2v) is 8.67. The van der Waals surface area contributed by atoms with Crippen LogP contribution in [0.3, 0.4) is 0 Å². The first-order valence-electron chi connectivity index (χ1n) is 11.4. The zero-order chi connectivity index (χ0) is 25.4. The van der Waals surface area contributed by atoms with E-state index in [2.05, 4.69) is 4.98 Å². The topological polar surface area (TPSA) is 91.9 Å². The highest BCUT2D eigenvalue weighted by molar-refractivity contribution is 6.52. The molecule has 1 amide bonds. The van der Waals surface area contributed by atoms with Gasteiger partial charge in [0.05, 0.1) is 30.9 Å². The van der Waals surface area contributed by atoms with Gasteiger partial charge in [-0.05, 0) is 55.5 Å². The van der Waals surface area contributed by atoms with Crippen molar-refractivity contribution in [2.24, 2.45) is 0 Å². The Balaban J connectivity index is 1.76. The molecule has 1 aliphatic rings. The number of nitrogens with zero attached hydrogens (tertiary/aromatic N) is 1. The van der Waals surface area contributed by atoms with Gasteiger partial charge in [-0.1, -0.05) is 29.8 Å². The van der Waals surface area contributed by atoms with Gasteiger partial charge in [0.25, 0.3) is 11.7 Å². The molecule has 1 unspecified atom stereocenters. The number of Topliss-reactive ketones (excluding diaryl/α,β-unsaturated/α-hetero) is 1. The molecule has 1 fully saturated rings. The first-order valence-corrected chi connectivity index (χ1v) is 11.8. The smallest absolute Gasteiger partial charge is 0.300 e. The molecule has 2 N–H and O–H groups in total. The van der Waals surface area contributed by atoms with Gasteiger partial charge in [0, 0.05) is 33.4 Å². The van der Waals surface area contributed by atoms with Crippen LogP contribution in [0.4, 0.5) is 5.69 Å². The van der Waals surface area contributed by atoms with E-state index in [4.69, 9.17) is 21.1 Å². The summed E-state index contributed by atoms with van der Waals surface area (Å²) in [6.45, 7) is 2.38. The molecule has 1 aliphatic heterocycles. The van der Waals surface area contributed by atoms with E-state index in [-0.39, 0.29) is 16.9 Å². The maximum atomic E-state index is 13.5. The van der Waals surface area contributed by atoms with Crippen molar-refractivity contribution in [1.82, 2.24) is 4.98 Å². The number of aliphatic hydroxyl groups excluding tert-OH is 1. The molecule has 0 radical (unpaired) electrons. The Morgan fingerprint density at radius 3 is 2.56 bits per heavy atom. The summed E-state index contributed by atoms with van der Waals surface area (Å²) in [4.78, 5) is 31.5. The maximum absolute atomic E-state index is 13.5. The minimum Gasteiger partial charge on any atom is -0.507 e. The number of carbonyl (C=O) groups is 2. The van der Waals surface area contributed by atoms with Gasteiger partial charge in [-0.15, -0.1) is 0 Å². The fraction of sp³-hybridized carbons (Fsp3) is 0.143. The largest absolute Gasteiger partial charge is 0.507 e. The molecule has 1 saturated heterocycles. The van der Waals surface area contributed by atoms with Crippen molar-refractivity contribution in [1.29, 1.82) is 0 Å². The number of aromatic nitrogens is 1. The summed E-state index contributed by atoms with van der Waals surface area (Å²) in [6.07, 6.45) is 1.76. The van der Waals surface area contributed by atoms with Crippen LogP contribution in [0.2, 0.25) is 5.02 Å². The average molecular weight is 503 g/mol. The van der Waals surface area contributed by atoms with E-state index in [1.807, 2.05) is 31.2 Å². The number of amides is 1. The number of benzene rings is 3. The maximum Gasteiger partial charge on any atom is 0.300 e. The lowest BCUT2D eigenvalue weighted by atomic mass is 9.94. The molecule has 182 valence electrons. The number of anilines is 1. The Kier molecular flexibility index (Phi) is 6.16. The van der Waals surface area contributed by atoms with Gasteiger partial charge in [0.2, 0.25) is 0 Å². The van der Waals surface area contributed by atoms with Crippen molar-refractivity contribution in [2.75, 3.05) is 18.6 Å². The van der Waals surface area contributed by atoms with Crippen molar-refractivity contribution in [3.63, 3.8) is 0 Å². The number of aliphatic hydroxyl groups is 1. The predicted molar refractivity (Wildman–Crippen MR) is 139 cm³/mol. The van der Waals surface area contributed by atoms with E-state index >= 15 is 0 Å². The minimum absolute atomic E-state index is 0.0563. The number of hydrogen-bond acceptors (Lipinski definition) is 5. The number of rotatable bonds is 6. The standard InChI is InChI=1S/C28H23ClN2O5/c1-3-36-18-11-9-17(10-12-18)31-25(21-15-30-22-7-5-4-6-19(21)22)24(27(33)28(31)34)26(32)20-14-16(29)8-13-23(20)35-2/h4-15,25,30,32H,3H2,1-2H3/b26-24+.